The topological polar surface area (TPSA) is 63.8 Å². The van der Waals surface area contributed by atoms with Crippen LogP contribution in [0.15, 0.2) is 6.20 Å². The molecule has 0 bridgehead atoms. The van der Waals surface area contributed by atoms with Crippen LogP contribution in [0, 0.1) is 4.77 Å². The number of hydrogen-bond donors (Lipinski definition) is 2. The minimum atomic E-state index is -0.381. The quantitative estimate of drug-likeness (QED) is 0.717. The number of amides is 1. The van der Waals surface area contributed by atoms with E-state index in [4.69, 9.17) is 18.0 Å². The van der Waals surface area contributed by atoms with Crippen molar-refractivity contribution in [3.8, 4) is 0 Å². The number of nitrogens with two attached hydrogens (primary N) is 1. The highest BCUT2D eigenvalue weighted by Crippen LogP contribution is 2.11. The van der Waals surface area contributed by atoms with E-state index in [-0.39, 0.29) is 11.9 Å². The molecule has 5 heteroatoms. The van der Waals surface area contributed by atoms with E-state index in [1.807, 2.05) is 13.1 Å². The second kappa shape index (κ2) is 3.74. The van der Waals surface area contributed by atoms with Gasteiger partial charge in [0.15, 0.2) is 4.77 Å². The van der Waals surface area contributed by atoms with Gasteiger partial charge in [-0.1, -0.05) is 6.92 Å². The van der Waals surface area contributed by atoms with Gasteiger partial charge in [0.05, 0.1) is 0 Å². The summed E-state index contributed by atoms with van der Waals surface area (Å²) in [5.41, 5.74) is 6.20. The van der Waals surface area contributed by atoms with Gasteiger partial charge in [-0.05, 0) is 25.6 Å². The molecule has 0 aliphatic rings. The molecule has 0 spiro atoms. The van der Waals surface area contributed by atoms with E-state index < -0.39 is 0 Å². The van der Waals surface area contributed by atoms with Crippen LogP contribution in [0.1, 0.15) is 25.6 Å². The number of carbonyl (C=O) groups is 1. The Hall–Kier alpha value is -1.10. The molecule has 13 heavy (non-hydrogen) atoms. The van der Waals surface area contributed by atoms with Crippen LogP contribution in [-0.2, 0) is 11.2 Å². The summed E-state index contributed by atoms with van der Waals surface area (Å²) in [4.78, 5) is 13.9. The number of hydrogen-bond acceptors (Lipinski definition) is 2. The third-order valence-corrected chi connectivity index (χ3v) is 2.37. The molecule has 72 valence electrons. The van der Waals surface area contributed by atoms with Gasteiger partial charge in [-0.2, -0.15) is 0 Å². The van der Waals surface area contributed by atoms with E-state index in [0.29, 0.717) is 4.77 Å². The number of nitrogens with one attached hydrogen (secondary N) is 1. The molecule has 3 N–H and O–H groups in total. The van der Waals surface area contributed by atoms with Crippen LogP contribution in [0.5, 0.6) is 0 Å². The molecule has 1 heterocycles. The summed E-state index contributed by atoms with van der Waals surface area (Å²) in [5, 5.41) is 0. The first-order valence-corrected chi connectivity index (χ1v) is 4.56. The van der Waals surface area contributed by atoms with Crippen molar-refractivity contribution in [2.45, 2.75) is 26.3 Å². The standard InChI is InChI=1S/C8H13N3OS/c1-3-6-4-10-8(13)11(6)5(2)7(9)12/h4-5H,3H2,1-2H3,(H2,9,12)(H,10,13). The zero-order chi connectivity index (χ0) is 10.0. The molecular formula is C8H13N3OS. The minimum Gasteiger partial charge on any atom is -0.368 e. The number of carbonyl (C=O) groups excluding carboxylic acids is 1. The number of rotatable bonds is 3. The normalized spacial score (nSPS) is 12.8. The first-order chi connectivity index (χ1) is 6.07. The Kier molecular flexibility index (Phi) is 2.87. The molecule has 0 radical (unpaired) electrons. The van der Waals surface area contributed by atoms with Gasteiger partial charge < -0.3 is 15.3 Å². The second-order valence-corrected chi connectivity index (χ2v) is 3.27. The van der Waals surface area contributed by atoms with Crippen molar-refractivity contribution < 1.29 is 4.79 Å². The Morgan fingerprint density at radius 2 is 2.46 bits per heavy atom. The first kappa shape index (κ1) is 9.98. The lowest BCUT2D eigenvalue weighted by Crippen LogP contribution is -2.25. The molecule has 0 saturated carbocycles. The predicted octanol–water partition coefficient (Wildman–Crippen LogP) is 1.15. The molecule has 0 fully saturated rings. The highest BCUT2D eigenvalue weighted by molar-refractivity contribution is 7.71. The van der Waals surface area contributed by atoms with Crippen molar-refractivity contribution in [1.82, 2.24) is 9.55 Å². The van der Waals surface area contributed by atoms with E-state index in [1.165, 1.54) is 0 Å². The van der Waals surface area contributed by atoms with Gasteiger partial charge in [0.1, 0.15) is 6.04 Å². The highest BCUT2D eigenvalue weighted by atomic mass is 32.1. The summed E-state index contributed by atoms with van der Waals surface area (Å²) in [6, 6.07) is -0.381. The smallest absolute Gasteiger partial charge is 0.240 e. The fourth-order valence-corrected chi connectivity index (χ4v) is 1.57. The first-order valence-electron chi connectivity index (χ1n) is 4.16. The number of H-pyrrole nitrogens is 1. The fraction of sp³-hybridized carbons (Fsp3) is 0.500. The molecule has 0 aliphatic carbocycles. The molecule has 1 unspecified atom stereocenters. The van der Waals surface area contributed by atoms with Crippen molar-refractivity contribution in [1.29, 1.82) is 0 Å². The maximum absolute atomic E-state index is 11.0. The van der Waals surface area contributed by atoms with Crippen LogP contribution in [0.3, 0.4) is 0 Å². The van der Waals surface area contributed by atoms with Gasteiger partial charge in [0.2, 0.25) is 5.91 Å². The third-order valence-electron chi connectivity index (χ3n) is 2.05. The van der Waals surface area contributed by atoms with Crippen LogP contribution >= 0.6 is 12.2 Å². The van der Waals surface area contributed by atoms with Gasteiger partial charge in [0.25, 0.3) is 0 Å². The van der Waals surface area contributed by atoms with Crippen molar-refractivity contribution in [3.05, 3.63) is 16.7 Å². The van der Waals surface area contributed by atoms with Crippen molar-refractivity contribution in [2.24, 2.45) is 5.73 Å². The van der Waals surface area contributed by atoms with E-state index in [0.717, 1.165) is 12.1 Å². The molecule has 0 aliphatic heterocycles. The van der Waals surface area contributed by atoms with Crippen molar-refractivity contribution in [3.63, 3.8) is 0 Å². The van der Waals surface area contributed by atoms with Gasteiger partial charge in [0, 0.05) is 11.9 Å². The maximum Gasteiger partial charge on any atom is 0.240 e. The molecule has 1 aromatic rings. The fourth-order valence-electron chi connectivity index (χ4n) is 1.24. The molecule has 0 saturated heterocycles. The summed E-state index contributed by atoms with van der Waals surface area (Å²) < 4.78 is 2.29. The van der Waals surface area contributed by atoms with Gasteiger partial charge in [-0.15, -0.1) is 0 Å². The molecule has 1 aromatic heterocycles. The Morgan fingerprint density at radius 3 is 2.92 bits per heavy atom. The highest BCUT2D eigenvalue weighted by Gasteiger charge is 2.14. The number of aromatic amines is 1. The lowest BCUT2D eigenvalue weighted by atomic mass is 10.3. The number of primary amides is 1. The van der Waals surface area contributed by atoms with E-state index in [2.05, 4.69) is 4.98 Å². The lowest BCUT2D eigenvalue weighted by molar-refractivity contribution is -0.120. The average Bonchev–Trinajstić information content (AvgIpc) is 2.45. The molecule has 1 atom stereocenters. The summed E-state index contributed by atoms with van der Waals surface area (Å²) in [7, 11) is 0. The Morgan fingerprint density at radius 1 is 1.85 bits per heavy atom. The van der Waals surface area contributed by atoms with E-state index >= 15 is 0 Å². The van der Waals surface area contributed by atoms with Crippen LogP contribution < -0.4 is 5.73 Å². The minimum absolute atomic E-state index is 0.370. The maximum atomic E-state index is 11.0. The monoisotopic (exact) mass is 199 g/mol. The largest absolute Gasteiger partial charge is 0.368 e. The molecule has 4 nitrogen and oxygen atoms in total. The zero-order valence-electron chi connectivity index (χ0n) is 7.70. The number of aromatic nitrogens is 2. The predicted molar refractivity (Wildman–Crippen MR) is 52.9 cm³/mol. The zero-order valence-corrected chi connectivity index (χ0v) is 8.52. The SMILES string of the molecule is CCc1c[nH]c(=S)n1C(C)C(N)=O. The third kappa shape index (κ3) is 1.80. The molecular weight excluding hydrogens is 186 g/mol. The summed E-state index contributed by atoms with van der Waals surface area (Å²) in [6.07, 6.45) is 2.63. The number of aryl methyl sites for hydroxylation is 1. The van der Waals surface area contributed by atoms with Crippen molar-refractivity contribution >= 4 is 18.1 Å². The molecule has 1 rings (SSSR count). The number of nitrogens with zero attached hydrogens (tertiary/aromatic N) is 1. The van der Waals surface area contributed by atoms with Gasteiger partial charge >= 0.3 is 0 Å². The molecule has 1 amide bonds. The van der Waals surface area contributed by atoms with Crippen LogP contribution in [0.25, 0.3) is 0 Å². The van der Waals surface area contributed by atoms with E-state index in [1.54, 1.807) is 11.5 Å². The number of imidazole rings is 1. The summed E-state index contributed by atoms with van der Waals surface area (Å²) >= 11 is 5.03. The summed E-state index contributed by atoms with van der Waals surface area (Å²) in [5.74, 6) is -0.370. The molecule has 0 aromatic carbocycles. The van der Waals surface area contributed by atoms with Crippen LogP contribution in [-0.4, -0.2) is 15.5 Å². The van der Waals surface area contributed by atoms with Crippen LogP contribution in [0.2, 0.25) is 0 Å². The average molecular weight is 199 g/mol. The van der Waals surface area contributed by atoms with Crippen molar-refractivity contribution in [2.75, 3.05) is 0 Å². The Balaban J connectivity index is 3.18. The van der Waals surface area contributed by atoms with Gasteiger partial charge in [-0.25, -0.2) is 0 Å². The van der Waals surface area contributed by atoms with Gasteiger partial charge in [-0.3, -0.25) is 4.79 Å². The Labute approximate surface area is 81.8 Å². The second-order valence-electron chi connectivity index (χ2n) is 2.89. The summed E-state index contributed by atoms with van der Waals surface area (Å²) in [6.45, 7) is 3.74. The van der Waals surface area contributed by atoms with Crippen LogP contribution in [0.4, 0.5) is 0 Å². The Bertz CT molecular complexity index is 366. The lowest BCUT2D eigenvalue weighted by Gasteiger charge is -2.11. The van der Waals surface area contributed by atoms with E-state index in [9.17, 15) is 4.79 Å².